The number of carbonyl (C=O) groups excluding carboxylic acids is 1. The monoisotopic (exact) mass is 425 g/mol. The van der Waals surface area contributed by atoms with E-state index in [-0.39, 0.29) is 17.9 Å². The maximum atomic E-state index is 12.8. The van der Waals surface area contributed by atoms with Crippen LogP contribution in [0.4, 0.5) is 0 Å². The zero-order valence-corrected chi connectivity index (χ0v) is 18.6. The molecule has 2 atom stereocenters. The lowest BCUT2D eigenvalue weighted by Gasteiger charge is -2.26. The lowest BCUT2D eigenvalue weighted by molar-refractivity contribution is -0.885. The fraction of sp³-hybridized carbons (Fsp3) is 0.400. The second kappa shape index (κ2) is 10.9. The highest BCUT2D eigenvalue weighted by molar-refractivity contribution is 5.77. The van der Waals surface area contributed by atoms with Crippen molar-refractivity contribution in [3.05, 3.63) is 66.2 Å². The quantitative estimate of drug-likeness (QED) is 0.575. The Morgan fingerprint density at radius 3 is 2.55 bits per heavy atom. The van der Waals surface area contributed by atoms with Gasteiger partial charge in [0.25, 0.3) is 5.91 Å². The predicted molar refractivity (Wildman–Crippen MR) is 121 cm³/mol. The van der Waals surface area contributed by atoms with E-state index < -0.39 is 0 Å². The third kappa shape index (κ3) is 6.49. The minimum Gasteiger partial charge on any atom is -0.490 e. The van der Waals surface area contributed by atoms with Crippen LogP contribution in [0.2, 0.25) is 0 Å². The number of quaternary nitrogens is 1. The SMILES string of the molecule is C=CCOc1ccc(C[NH+](C)CC(=O)N[C@@H](c2ccc3c(c2)OCCO3)C(C)C)cc1. The molecular formula is C25H33N2O4+. The fourth-order valence-electron chi connectivity index (χ4n) is 3.66. The van der Waals surface area contributed by atoms with Crippen LogP contribution in [0.25, 0.3) is 0 Å². The highest BCUT2D eigenvalue weighted by Gasteiger charge is 2.22. The zero-order valence-electron chi connectivity index (χ0n) is 18.6. The van der Waals surface area contributed by atoms with Crippen molar-refractivity contribution in [2.75, 3.05) is 33.4 Å². The van der Waals surface area contributed by atoms with E-state index in [1.54, 1.807) is 6.08 Å². The van der Waals surface area contributed by atoms with Gasteiger partial charge < -0.3 is 24.4 Å². The van der Waals surface area contributed by atoms with E-state index in [2.05, 4.69) is 25.7 Å². The maximum absolute atomic E-state index is 12.8. The lowest BCUT2D eigenvalue weighted by Crippen LogP contribution is -3.08. The van der Waals surface area contributed by atoms with Crippen molar-refractivity contribution in [3.63, 3.8) is 0 Å². The molecule has 0 aromatic heterocycles. The molecular weight excluding hydrogens is 392 g/mol. The Kier molecular flexibility index (Phi) is 7.95. The molecule has 1 aliphatic rings. The first kappa shape index (κ1) is 22.7. The molecule has 1 aliphatic heterocycles. The number of likely N-dealkylation sites (N-methyl/N-ethyl adjacent to an activating group) is 1. The zero-order chi connectivity index (χ0) is 22.2. The van der Waals surface area contributed by atoms with Gasteiger partial charge in [0.2, 0.25) is 0 Å². The summed E-state index contributed by atoms with van der Waals surface area (Å²) >= 11 is 0. The van der Waals surface area contributed by atoms with Crippen molar-refractivity contribution in [2.24, 2.45) is 5.92 Å². The van der Waals surface area contributed by atoms with E-state index in [0.29, 0.717) is 26.4 Å². The van der Waals surface area contributed by atoms with Crippen LogP contribution >= 0.6 is 0 Å². The molecule has 166 valence electrons. The van der Waals surface area contributed by atoms with E-state index in [1.165, 1.54) is 0 Å². The summed E-state index contributed by atoms with van der Waals surface area (Å²) in [4.78, 5) is 13.9. The first-order valence-corrected chi connectivity index (χ1v) is 10.8. The maximum Gasteiger partial charge on any atom is 0.275 e. The molecule has 6 nitrogen and oxygen atoms in total. The summed E-state index contributed by atoms with van der Waals surface area (Å²) in [5.41, 5.74) is 2.18. The number of rotatable bonds is 10. The largest absolute Gasteiger partial charge is 0.490 e. The Hall–Kier alpha value is -2.99. The smallest absolute Gasteiger partial charge is 0.275 e. The number of ether oxygens (including phenoxy) is 3. The Bertz CT molecular complexity index is 880. The van der Waals surface area contributed by atoms with Crippen LogP contribution < -0.4 is 24.4 Å². The second-order valence-electron chi connectivity index (χ2n) is 8.25. The summed E-state index contributed by atoms with van der Waals surface area (Å²) in [5, 5.41) is 3.20. The van der Waals surface area contributed by atoms with Gasteiger partial charge in [-0.1, -0.05) is 32.6 Å². The van der Waals surface area contributed by atoms with Crippen LogP contribution in [0.5, 0.6) is 17.2 Å². The normalized spacial score (nSPS) is 14.6. The molecule has 0 saturated heterocycles. The van der Waals surface area contributed by atoms with Crippen molar-refractivity contribution in [1.29, 1.82) is 0 Å². The molecule has 0 bridgehead atoms. The molecule has 2 N–H and O–H groups in total. The Morgan fingerprint density at radius 1 is 1.16 bits per heavy atom. The average Bonchev–Trinajstić information content (AvgIpc) is 2.76. The first-order chi connectivity index (χ1) is 15.0. The molecule has 1 heterocycles. The molecule has 2 aromatic carbocycles. The number of carbonyl (C=O) groups is 1. The van der Waals surface area contributed by atoms with Crippen molar-refractivity contribution in [1.82, 2.24) is 5.32 Å². The van der Waals surface area contributed by atoms with Crippen molar-refractivity contribution in [2.45, 2.75) is 26.4 Å². The van der Waals surface area contributed by atoms with Crippen LogP contribution in [0.1, 0.15) is 31.0 Å². The van der Waals surface area contributed by atoms with Gasteiger partial charge in [-0.05, 0) is 47.9 Å². The number of hydrogen-bond donors (Lipinski definition) is 2. The topological polar surface area (TPSA) is 61.2 Å². The van der Waals surface area contributed by atoms with E-state index in [1.807, 2.05) is 49.5 Å². The summed E-state index contributed by atoms with van der Waals surface area (Å²) in [7, 11) is 2.02. The Balaban J connectivity index is 1.56. The summed E-state index contributed by atoms with van der Waals surface area (Å²) in [5.74, 6) is 2.59. The number of benzene rings is 2. The first-order valence-electron chi connectivity index (χ1n) is 10.8. The van der Waals surface area contributed by atoms with Gasteiger partial charge in [0, 0.05) is 5.56 Å². The Morgan fingerprint density at radius 2 is 1.87 bits per heavy atom. The number of fused-ring (bicyclic) bond motifs is 1. The van der Waals surface area contributed by atoms with Crippen LogP contribution in [0.3, 0.4) is 0 Å². The van der Waals surface area contributed by atoms with E-state index in [9.17, 15) is 4.79 Å². The number of hydrogen-bond acceptors (Lipinski definition) is 4. The lowest BCUT2D eigenvalue weighted by atomic mass is 9.95. The molecule has 0 aliphatic carbocycles. The molecule has 1 amide bonds. The number of amides is 1. The van der Waals surface area contributed by atoms with Gasteiger partial charge in [-0.15, -0.1) is 0 Å². The van der Waals surface area contributed by atoms with Gasteiger partial charge >= 0.3 is 0 Å². The summed E-state index contributed by atoms with van der Waals surface area (Å²) in [6.07, 6.45) is 1.72. The summed E-state index contributed by atoms with van der Waals surface area (Å²) in [6.45, 7) is 10.6. The average molecular weight is 426 g/mol. The molecule has 0 saturated carbocycles. The molecule has 1 unspecified atom stereocenters. The van der Waals surface area contributed by atoms with Gasteiger partial charge in [0.05, 0.1) is 13.1 Å². The van der Waals surface area contributed by atoms with Crippen LogP contribution in [-0.4, -0.2) is 39.3 Å². The van der Waals surface area contributed by atoms with E-state index >= 15 is 0 Å². The molecule has 0 spiro atoms. The van der Waals surface area contributed by atoms with Gasteiger partial charge in [0.15, 0.2) is 18.0 Å². The molecule has 3 rings (SSSR count). The molecule has 0 radical (unpaired) electrons. The van der Waals surface area contributed by atoms with Crippen molar-refractivity contribution < 1.29 is 23.9 Å². The second-order valence-corrected chi connectivity index (χ2v) is 8.25. The number of nitrogens with one attached hydrogen (secondary N) is 2. The van der Waals surface area contributed by atoms with Crippen LogP contribution in [0.15, 0.2) is 55.1 Å². The molecule has 6 heteroatoms. The highest BCUT2D eigenvalue weighted by Crippen LogP contribution is 2.34. The standard InChI is InChI=1S/C25H32N2O4/c1-5-12-29-21-9-6-19(7-10-21)16-27(4)17-24(28)26-25(18(2)3)20-8-11-22-23(15-20)31-14-13-30-22/h5-11,15,18,25H,1,12-14,16-17H2,2-4H3,(H,26,28)/p+1/t25-/m1/s1. The summed E-state index contributed by atoms with van der Waals surface area (Å²) < 4.78 is 16.8. The summed E-state index contributed by atoms with van der Waals surface area (Å²) in [6, 6.07) is 13.8. The van der Waals surface area contributed by atoms with Gasteiger partial charge in [0.1, 0.15) is 32.1 Å². The van der Waals surface area contributed by atoms with Crippen molar-refractivity contribution >= 4 is 5.91 Å². The van der Waals surface area contributed by atoms with E-state index in [0.717, 1.165) is 39.8 Å². The van der Waals surface area contributed by atoms with Gasteiger partial charge in [-0.25, -0.2) is 0 Å². The molecule has 2 aromatic rings. The van der Waals surface area contributed by atoms with Crippen LogP contribution in [0, 0.1) is 5.92 Å². The predicted octanol–water partition coefficient (Wildman–Crippen LogP) is 2.55. The Labute approximate surface area is 184 Å². The van der Waals surface area contributed by atoms with E-state index in [4.69, 9.17) is 14.2 Å². The third-order valence-electron chi connectivity index (χ3n) is 5.17. The third-order valence-corrected chi connectivity index (χ3v) is 5.17. The van der Waals surface area contributed by atoms with Gasteiger partial charge in [-0.3, -0.25) is 4.79 Å². The van der Waals surface area contributed by atoms with Gasteiger partial charge in [-0.2, -0.15) is 0 Å². The van der Waals surface area contributed by atoms with Crippen LogP contribution in [-0.2, 0) is 11.3 Å². The molecule has 31 heavy (non-hydrogen) atoms. The molecule has 0 fully saturated rings. The highest BCUT2D eigenvalue weighted by atomic mass is 16.6. The van der Waals surface area contributed by atoms with Crippen molar-refractivity contribution in [3.8, 4) is 17.2 Å². The fourth-order valence-corrected chi connectivity index (χ4v) is 3.66. The minimum atomic E-state index is -0.0857. The minimum absolute atomic E-state index is 0.0250.